The predicted octanol–water partition coefficient (Wildman–Crippen LogP) is 3.89. The standard InChI is InChI=1S/C17H24F2N2O/c18-17(19)11-9-15(10-12-17)21-16(22)20-13-5-4-8-14-6-2-1-3-7-14/h1-3,6-7,15H,4-5,8-13H2,(H2,20,21,22). The van der Waals surface area contributed by atoms with Gasteiger partial charge in [0.2, 0.25) is 5.92 Å². The smallest absolute Gasteiger partial charge is 0.315 e. The number of urea groups is 1. The van der Waals surface area contributed by atoms with Crippen LogP contribution in [0, 0.1) is 0 Å². The van der Waals surface area contributed by atoms with Gasteiger partial charge in [-0.3, -0.25) is 0 Å². The van der Waals surface area contributed by atoms with E-state index in [9.17, 15) is 13.6 Å². The first-order valence-corrected chi connectivity index (χ1v) is 8.01. The fourth-order valence-corrected chi connectivity index (χ4v) is 2.72. The molecule has 0 aliphatic heterocycles. The molecular formula is C17H24F2N2O. The van der Waals surface area contributed by atoms with Gasteiger partial charge in [0, 0.05) is 25.4 Å². The summed E-state index contributed by atoms with van der Waals surface area (Å²) in [5, 5.41) is 5.58. The fourth-order valence-electron chi connectivity index (χ4n) is 2.72. The number of hydrogen-bond acceptors (Lipinski definition) is 1. The Morgan fingerprint density at radius 1 is 1.14 bits per heavy atom. The van der Waals surface area contributed by atoms with Crippen LogP contribution in [0.1, 0.15) is 44.1 Å². The summed E-state index contributed by atoms with van der Waals surface area (Å²) < 4.78 is 26.0. The Labute approximate surface area is 130 Å². The second-order valence-corrected chi connectivity index (χ2v) is 5.97. The van der Waals surface area contributed by atoms with Gasteiger partial charge in [0.25, 0.3) is 0 Å². The van der Waals surface area contributed by atoms with Crippen molar-refractivity contribution in [2.45, 2.75) is 56.9 Å². The molecule has 5 heteroatoms. The zero-order valence-electron chi connectivity index (χ0n) is 12.8. The third kappa shape index (κ3) is 6.00. The number of aryl methyl sites for hydroxylation is 1. The van der Waals surface area contributed by atoms with Gasteiger partial charge in [0.1, 0.15) is 0 Å². The van der Waals surface area contributed by atoms with Crippen LogP contribution in [0.4, 0.5) is 13.6 Å². The van der Waals surface area contributed by atoms with Crippen molar-refractivity contribution in [3.63, 3.8) is 0 Å². The molecule has 3 nitrogen and oxygen atoms in total. The molecule has 1 aromatic carbocycles. The lowest BCUT2D eigenvalue weighted by Crippen LogP contribution is -2.45. The van der Waals surface area contributed by atoms with E-state index in [0.717, 1.165) is 19.3 Å². The molecule has 1 fully saturated rings. The van der Waals surface area contributed by atoms with Crippen LogP contribution < -0.4 is 10.6 Å². The number of amides is 2. The number of halogens is 2. The van der Waals surface area contributed by atoms with Gasteiger partial charge in [0.15, 0.2) is 0 Å². The van der Waals surface area contributed by atoms with Crippen molar-refractivity contribution in [2.24, 2.45) is 0 Å². The highest BCUT2D eigenvalue weighted by atomic mass is 19.3. The van der Waals surface area contributed by atoms with Gasteiger partial charge in [0.05, 0.1) is 0 Å². The van der Waals surface area contributed by atoms with Crippen LogP contribution >= 0.6 is 0 Å². The van der Waals surface area contributed by atoms with E-state index >= 15 is 0 Å². The molecular weight excluding hydrogens is 286 g/mol. The number of benzene rings is 1. The van der Waals surface area contributed by atoms with Crippen LogP contribution in [0.25, 0.3) is 0 Å². The average molecular weight is 310 g/mol. The Hall–Kier alpha value is -1.65. The summed E-state index contributed by atoms with van der Waals surface area (Å²) >= 11 is 0. The zero-order valence-corrected chi connectivity index (χ0v) is 12.8. The second kappa shape index (κ2) is 8.11. The minimum Gasteiger partial charge on any atom is -0.338 e. The van der Waals surface area contributed by atoms with Crippen LogP contribution in [0.5, 0.6) is 0 Å². The maximum Gasteiger partial charge on any atom is 0.315 e. The monoisotopic (exact) mass is 310 g/mol. The summed E-state index contributed by atoms with van der Waals surface area (Å²) in [4.78, 5) is 11.7. The van der Waals surface area contributed by atoms with Crippen LogP contribution in [0.3, 0.4) is 0 Å². The Bertz CT molecular complexity index is 455. The quantitative estimate of drug-likeness (QED) is 0.769. The molecule has 1 aliphatic rings. The molecule has 122 valence electrons. The molecule has 0 aromatic heterocycles. The van der Waals surface area contributed by atoms with Crippen molar-refractivity contribution >= 4 is 6.03 Å². The summed E-state index contributed by atoms with van der Waals surface area (Å²) in [7, 11) is 0. The minimum atomic E-state index is -2.55. The Morgan fingerprint density at radius 3 is 2.50 bits per heavy atom. The highest BCUT2D eigenvalue weighted by molar-refractivity contribution is 5.74. The topological polar surface area (TPSA) is 41.1 Å². The molecule has 2 N–H and O–H groups in total. The largest absolute Gasteiger partial charge is 0.338 e. The van der Waals surface area contributed by atoms with E-state index in [-0.39, 0.29) is 24.9 Å². The van der Waals surface area contributed by atoms with Crippen molar-refractivity contribution in [3.8, 4) is 0 Å². The molecule has 0 unspecified atom stereocenters. The SMILES string of the molecule is O=C(NCCCCc1ccccc1)NC1CCC(F)(F)CC1. The molecule has 1 aliphatic carbocycles. The molecule has 0 atom stereocenters. The molecule has 0 heterocycles. The normalized spacial score (nSPS) is 17.9. The van der Waals surface area contributed by atoms with Gasteiger partial charge in [-0.05, 0) is 37.7 Å². The van der Waals surface area contributed by atoms with Crippen molar-refractivity contribution in [1.29, 1.82) is 0 Å². The molecule has 2 rings (SSSR count). The number of carbonyl (C=O) groups excluding carboxylic acids is 1. The number of rotatable bonds is 6. The Morgan fingerprint density at radius 2 is 1.82 bits per heavy atom. The molecule has 0 saturated heterocycles. The van der Waals surface area contributed by atoms with E-state index in [2.05, 4.69) is 22.8 Å². The summed E-state index contributed by atoms with van der Waals surface area (Å²) in [5.74, 6) is -2.55. The van der Waals surface area contributed by atoms with E-state index < -0.39 is 5.92 Å². The number of alkyl halides is 2. The minimum absolute atomic E-state index is 0.121. The molecule has 22 heavy (non-hydrogen) atoms. The van der Waals surface area contributed by atoms with E-state index in [0.29, 0.717) is 19.4 Å². The Kier molecular flexibility index (Phi) is 6.16. The van der Waals surface area contributed by atoms with Crippen molar-refractivity contribution < 1.29 is 13.6 Å². The summed E-state index contributed by atoms with van der Waals surface area (Å²) in [6.07, 6.45) is 3.37. The maximum absolute atomic E-state index is 13.0. The molecule has 2 amide bonds. The van der Waals surface area contributed by atoms with Gasteiger partial charge in [-0.15, -0.1) is 0 Å². The summed E-state index contributed by atoms with van der Waals surface area (Å²) in [6, 6.07) is 9.87. The first-order chi connectivity index (χ1) is 10.6. The third-order valence-corrected chi connectivity index (χ3v) is 4.07. The van der Waals surface area contributed by atoms with Gasteiger partial charge in [-0.1, -0.05) is 30.3 Å². The van der Waals surface area contributed by atoms with Gasteiger partial charge in [-0.2, -0.15) is 0 Å². The van der Waals surface area contributed by atoms with Crippen LogP contribution in [0.15, 0.2) is 30.3 Å². The number of hydrogen-bond donors (Lipinski definition) is 2. The first kappa shape index (κ1) is 16.7. The van der Waals surface area contributed by atoms with Gasteiger partial charge < -0.3 is 10.6 Å². The predicted molar refractivity (Wildman–Crippen MR) is 83.1 cm³/mol. The van der Waals surface area contributed by atoms with Crippen LogP contribution in [0.2, 0.25) is 0 Å². The maximum atomic E-state index is 13.0. The van der Waals surface area contributed by atoms with Crippen molar-refractivity contribution in [3.05, 3.63) is 35.9 Å². The lowest BCUT2D eigenvalue weighted by Gasteiger charge is -2.28. The summed E-state index contributed by atoms with van der Waals surface area (Å²) in [5.41, 5.74) is 1.30. The molecule has 1 saturated carbocycles. The van der Waals surface area contributed by atoms with E-state index in [1.54, 1.807) is 0 Å². The van der Waals surface area contributed by atoms with E-state index in [1.807, 2.05) is 18.2 Å². The highest BCUT2D eigenvalue weighted by Crippen LogP contribution is 2.32. The molecule has 1 aromatic rings. The average Bonchev–Trinajstić information content (AvgIpc) is 2.50. The molecule has 0 radical (unpaired) electrons. The van der Waals surface area contributed by atoms with E-state index in [4.69, 9.17) is 0 Å². The Balaban J connectivity index is 1.53. The third-order valence-electron chi connectivity index (χ3n) is 4.07. The number of nitrogens with one attached hydrogen (secondary N) is 2. The number of unbranched alkanes of at least 4 members (excludes halogenated alkanes) is 1. The lowest BCUT2D eigenvalue weighted by atomic mass is 9.92. The highest BCUT2D eigenvalue weighted by Gasteiger charge is 2.35. The van der Waals surface area contributed by atoms with Gasteiger partial charge >= 0.3 is 6.03 Å². The second-order valence-electron chi connectivity index (χ2n) is 5.97. The van der Waals surface area contributed by atoms with Crippen molar-refractivity contribution in [2.75, 3.05) is 6.54 Å². The van der Waals surface area contributed by atoms with Crippen molar-refractivity contribution in [1.82, 2.24) is 10.6 Å². The van der Waals surface area contributed by atoms with E-state index in [1.165, 1.54) is 5.56 Å². The van der Waals surface area contributed by atoms with Crippen LogP contribution in [-0.2, 0) is 6.42 Å². The number of carbonyl (C=O) groups is 1. The molecule has 0 bridgehead atoms. The van der Waals surface area contributed by atoms with Gasteiger partial charge in [-0.25, -0.2) is 13.6 Å². The first-order valence-electron chi connectivity index (χ1n) is 8.01. The van der Waals surface area contributed by atoms with Crippen LogP contribution in [-0.4, -0.2) is 24.5 Å². The zero-order chi connectivity index (χ0) is 15.8. The fraction of sp³-hybridized carbons (Fsp3) is 0.588. The molecule has 0 spiro atoms. The summed E-state index contributed by atoms with van der Waals surface area (Å²) in [6.45, 7) is 0.613. The lowest BCUT2D eigenvalue weighted by molar-refractivity contribution is -0.0395.